The van der Waals surface area contributed by atoms with Crippen LogP contribution in [0.4, 0.5) is 4.39 Å². The largest absolute Gasteiger partial charge is 0.361 e. The SMILES string of the molecule is Br.Fc1ccc(CNC2=NCC(CBr)S2)cc1. The molecular formula is C11H13Br2FN2S. The predicted molar refractivity (Wildman–Crippen MR) is 81.0 cm³/mol. The van der Waals surface area contributed by atoms with Crippen LogP contribution in [0, 0.1) is 5.82 Å². The van der Waals surface area contributed by atoms with E-state index in [1.54, 1.807) is 23.9 Å². The van der Waals surface area contributed by atoms with E-state index in [1.807, 2.05) is 0 Å². The fourth-order valence-electron chi connectivity index (χ4n) is 1.37. The van der Waals surface area contributed by atoms with E-state index in [2.05, 4.69) is 26.2 Å². The molecular weight excluding hydrogens is 371 g/mol. The van der Waals surface area contributed by atoms with Crippen molar-refractivity contribution in [2.24, 2.45) is 4.99 Å². The molecule has 0 spiro atoms. The van der Waals surface area contributed by atoms with E-state index in [-0.39, 0.29) is 22.8 Å². The summed E-state index contributed by atoms with van der Waals surface area (Å²) in [7, 11) is 0. The standard InChI is InChI=1S/C11H12BrFN2S.BrH/c12-5-10-7-15-11(16-10)14-6-8-1-3-9(13)4-2-8;/h1-4,10H,5-7H2,(H,14,15);1H. The van der Waals surface area contributed by atoms with Crippen molar-refractivity contribution in [1.29, 1.82) is 0 Å². The van der Waals surface area contributed by atoms with E-state index in [1.165, 1.54) is 12.1 Å². The van der Waals surface area contributed by atoms with Gasteiger partial charge < -0.3 is 5.32 Å². The Morgan fingerprint density at radius 1 is 1.41 bits per heavy atom. The summed E-state index contributed by atoms with van der Waals surface area (Å²) >= 11 is 5.20. The number of thioether (sulfide) groups is 1. The molecule has 1 aliphatic heterocycles. The van der Waals surface area contributed by atoms with Gasteiger partial charge in [0.15, 0.2) is 5.17 Å². The van der Waals surface area contributed by atoms with Crippen molar-refractivity contribution in [3.8, 4) is 0 Å². The lowest BCUT2D eigenvalue weighted by Crippen LogP contribution is -2.19. The molecule has 0 aromatic heterocycles. The molecule has 17 heavy (non-hydrogen) atoms. The summed E-state index contributed by atoms with van der Waals surface area (Å²) in [4.78, 5) is 4.39. The third-order valence-electron chi connectivity index (χ3n) is 2.25. The summed E-state index contributed by atoms with van der Waals surface area (Å²) in [5.74, 6) is -0.198. The first-order valence-corrected chi connectivity index (χ1v) is 7.03. The van der Waals surface area contributed by atoms with Gasteiger partial charge in [-0.05, 0) is 17.7 Å². The number of nitrogens with zero attached hydrogens (tertiary/aromatic N) is 1. The van der Waals surface area contributed by atoms with Gasteiger partial charge in [-0.15, -0.1) is 17.0 Å². The lowest BCUT2D eigenvalue weighted by molar-refractivity contribution is 0.627. The number of aliphatic imine (C=N–C) groups is 1. The molecule has 0 bridgehead atoms. The molecule has 6 heteroatoms. The van der Waals surface area contributed by atoms with Crippen LogP contribution in [0.1, 0.15) is 5.56 Å². The molecule has 1 heterocycles. The third kappa shape index (κ3) is 4.60. The summed E-state index contributed by atoms with van der Waals surface area (Å²) in [5, 5.41) is 5.73. The van der Waals surface area contributed by atoms with Gasteiger partial charge in [0, 0.05) is 17.1 Å². The fourth-order valence-corrected chi connectivity index (χ4v) is 2.81. The van der Waals surface area contributed by atoms with Gasteiger partial charge in [0.05, 0.1) is 6.54 Å². The monoisotopic (exact) mass is 382 g/mol. The predicted octanol–water partition coefficient (Wildman–Crippen LogP) is 3.36. The number of hydrogen-bond donors (Lipinski definition) is 1. The number of halogens is 3. The highest BCUT2D eigenvalue weighted by Gasteiger charge is 2.17. The number of hydrogen-bond acceptors (Lipinski definition) is 3. The maximum absolute atomic E-state index is 12.7. The normalized spacial score (nSPS) is 18.5. The van der Waals surface area contributed by atoms with Gasteiger partial charge in [-0.1, -0.05) is 39.8 Å². The maximum atomic E-state index is 12.7. The van der Waals surface area contributed by atoms with E-state index in [0.717, 1.165) is 22.6 Å². The summed E-state index contributed by atoms with van der Waals surface area (Å²) in [6.45, 7) is 1.56. The molecule has 1 unspecified atom stereocenters. The van der Waals surface area contributed by atoms with Crippen LogP contribution in [-0.2, 0) is 6.54 Å². The average molecular weight is 384 g/mol. The Labute approximate surface area is 123 Å². The number of amidine groups is 1. The van der Waals surface area contributed by atoms with Crippen molar-refractivity contribution in [2.45, 2.75) is 11.8 Å². The quantitative estimate of drug-likeness (QED) is 0.809. The molecule has 94 valence electrons. The van der Waals surface area contributed by atoms with Crippen molar-refractivity contribution < 1.29 is 4.39 Å². The minimum absolute atomic E-state index is 0. The van der Waals surface area contributed by atoms with E-state index < -0.39 is 0 Å². The van der Waals surface area contributed by atoms with Gasteiger partial charge in [-0.3, -0.25) is 4.99 Å². The zero-order valence-corrected chi connectivity index (χ0v) is 13.1. The van der Waals surface area contributed by atoms with Crippen LogP contribution in [-0.4, -0.2) is 22.3 Å². The van der Waals surface area contributed by atoms with Crippen LogP contribution in [0.3, 0.4) is 0 Å². The molecule has 1 aromatic rings. The summed E-state index contributed by atoms with van der Waals surface area (Å²) in [6.07, 6.45) is 0. The number of rotatable bonds is 3. The highest BCUT2D eigenvalue weighted by molar-refractivity contribution is 9.09. The van der Waals surface area contributed by atoms with Gasteiger partial charge in [0.25, 0.3) is 0 Å². The van der Waals surface area contributed by atoms with Crippen LogP contribution in [0.15, 0.2) is 29.3 Å². The van der Waals surface area contributed by atoms with E-state index >= 15 is 0 Å². The minimum Gasteiger partial charge on any atom is -0.361 e. The average Bonchev–Trinajstić information content (AvgIpc) is 2.76. The fraction of sp³-hybridized carbons (Fsp3) is 0.364. The van der Waals surface area contributed by atoms with Crippen LogP contribution in [0.5, 0.6) is 0 Å². The third-order valence-corrected chi connectivity index (χ3v) is 4.60. The van der Waals surface area contributed by atoms with Crippen LogP contribution < -0.4 is 5.32 Å². The van der Waals surface area contributed by atoms with E-state index in [9.17, 15) is 4.39 Å². The highest BCUT2D eigenvalue weighted by Crippen LogP contribution is 2.21. The van der Waals surface area contributed by atoms with Crippen LogP contribution in [0.25, 0.3) is 0 Å². The summed E-state index contributed by atoms with van der Waals surface area (Å²) in [6, 6.07) is 6.51. The molecule has 0 saturated carbocycles. The molecule has 0 amide bonds. The Morgan fingerprint density at radius 2 is 2.12 bits per heavy atom. The second kappa shape index (κ2) is 7.38. The molecule has 1 atom stereocenters. The smallest absolute Gasteiger partial charge is 0.157 e. The number of nitrogens with one attached hydrogen (secondary N) is 1. The van der Waals surface area contributed by atoms with Crippen molar-refractivity contribution in [3.05, 3.63) is 35.6 Å². The van der Waals surface area contributed by atoms with Gasteiger partial charge in [0.1, 0.15) is 5.82 Å². The molecule has 0 fully saturated rings. The Balaban J connectivity index is 0.00000144. The first-order valence-electron chi connectivity index (χ1n) is 5.03. The topological polar surface area (TPSA) is 24.4 Å². The Kier molecular flexibility index (Phi) is 6.51. The van der Waals surface area contributed by atoms with E-state index in [4.69, 9.17) is 0 Å². The van der Waals surface area contributed by atoms with Gasteiger partial charge in [-0.2, -0.15) is 0 Å². The second-order valence-corrected chi connectivity index (χ2v) is 5.46. The lowest BCUT2D eigenvalue weighted by atomic mass is 10.2. The zero-order valence-electron chi connectivity index (χ0n) is 9.03. The molecule has 1 N–H and O–H groups in total. The van der Waals surface area contributed by atoms with Gasteiger partial charge in [0.2, 0.25) is 0 Å². The number of benzene rings is 1. The van der Waals surface area contributed by atoms with Crippen molar-refractivity contribution >= 4 is 49.8 Å². The molecule has 2 rings (SSSR count). The number of alkyl halides is 1. The molecule has 1 aliphatic rings. The summed E-state index contributed by atoms with van der Waals surface area (Å²) in [5.41, 5.74) is 1.06. The first-order chi connectivity index (χ1) is 7.78. The van der Waals surface area contributed by atoms with Crippen molar-refractivity contribution in [2.75, 3.05) is 11.9 Å². The minimum atomic E-state index is -0.198. The Bertz CT molecular complexity index is 384. The van der Waals surface area contributed by atoms with Crippen LogP contribution >= 0.6 is 44.7 Å². The molecule has 0 saturated heterocycles. The Hall–Kier alpha value is -0.0700. The lowest BCUT2D eigenvalue weighted by Gasteiger charge is -2.06. The first kappa shape index (κ1) is 15.0. The van der Waals surface area contributed by atoms with Gasteiger partial charge in [-0.25, -0.2) is 4.39 Å². The van der Waals surface area contributed by atoms with Crippen molar-refractivity contribution in [3.63, 3.8) is 0 Å². The second-order valence-electron chi connectivity index (χ2n) is 3.52. The molecule has 0 radical (unpaired) electrons. The van der Waals surface area contributed by atoms with Crippen LogP contribution in [0.2, 0.25) is 0 Å². The maximum Gasteiger partial charge on any atom is 0.157 e. The highest BCUT2D eigenvalue weighted by atomic mass is 79.9. The Morgan fingerprint density at radius 3 is 2.71 bits per heavy atom. The van der Waals surface area contributed by atoms with Crippen molar-refractivity contribution in [1.82, 2.24) is 5.32 Å². The molecule has 2 nitrogen and oxygen atoms in total. The van der Waals surface area contributed by atoms with Gasteiger partial charge >= 0.3 is 0 Å². The van der Waals surface area contributed by atoms with E-state index in [0.29, 0.717) is 11.8 Å². The summed E-state index contributed by atoms with van der Waals surface area (Å²) < 4.78 is 12.7. The molecule has 1 aromatic carbocycles. The zero-order chi connectivity index (χ0) is 11.4. The molecule has 0 aliphatic carbocycles.